The van der Waals surface area contributed by atoms with Crippen LogP contribution in [0, 0.1) is 0 Å². The number of nitrogens with one attached hydrogen (secondary N) is 5. The molecular weight excluding hydrogens is 598 g/mol. The molecule has 3 saturated heterocycles. The summed E-state index contributed by atoms with van der Waals surface area (Å²) in [6.45, 7) is 1.99. The highest BCUT2D eigenvalue weighted by Crippen LogP contribution is 2.33. The topological polar surface area (TPSA) is 184 Å². The molecule has 0 spiro atoms. The first-order chi connectivity index (χ1) is 22.0. The molecule has 0 aromatic carbocycles. The van der Waals surface area contributed by atoms with Crippen molar-refractivity contribution in [2.45, 2.75) is 107 Å². The van der Waals surface area contributed by atoms with E-state index in [0.29, 0.717) is 43.4 Å². The third-order valence-electron chi connectivity index (χ3n) is 8.65. The van der Waals surface area contributed by atoms with Crippen LogP contribution in [0.2, 0.25) is 0 Å². The fraction of sp³-hybridized carbons (Fsp3) is 0.733. The molecule has 45 heavy (non-hydrogen) atoms. The minimum Gasteiger partial charge on any atom is -0.394 e. The van der Waals surface area contributed by atoms with Gasteiger partial charge in [-0.15, -0.1) is 0 Å². The largest absolute Gasteiger partial charge is 0.394 e. The summed E-state index contributed by atoms with van der Waals surface area (Å²) in [5, 5.41) is 30.4. The molecule has 0 radical (unpaired) electrons. The van der Waals surface area contributed by atoms with Gasteiger partial charge in [0.1, 0.15) is 12.1 Å². The van der Waals surface area contributed by atoms with Crippen LogP contribution in [0.1, 0.15) is 83.3 Å². The number of nitrogens with zero attached hydrogens (tertiary/aromatic N) is 4. The van der Waals surface area contributed by atoms with Crippen LogP contribution in [-0.4, -0.2) is 98.1 Å². The van der Waals surface area contributed by atoms with Gasteiger partial charge in [0.2, 0.25) is 11.8 Å². The predicted molar refractivity (Wildman–Crippen MR) is 172 cm³/mol. The van der Waals surface area contributed by atoms with E-state index in [2.05, 4.69) is 41.7 Å². The highest BCUT2D eigenvalue weighted by molar-refractivity contribution is 8.00. The molecule has 0 saturated carbocycles. The number of unbranched alkanes of at least 4 members (excludes halogenated alkanes) is 4. The van der Waals surface area contributed by atoms with Gasteiger partial charge in [-0.1, -0.05) is 12.8 Å². The number of hydrogen-bond donors (Lipinski definition) is 6. The number of ether oxygens (including phenoxy) is 1. The lowest BCUT2D eigenvalue weighted by Gasteiger charge is -2.16. The maximum absolute atomic E-state index is 12.2. The molecule has 3 fully saturated rings. The van der Waals surface area contributed by atoms with Crippen molar-refractivity contribution in [1.82, 2.24) is 41.0 Å². The second kappa shape index (κ2) is 16.9. The van der Waals surface area contributed by atoms with E-state index in [9.17, 15) is 19.5 Å². The maximum atomic E-state index is 12.2. The molecule has 5 heterocycles. The van der Waals surface area contributed by atoms with Crippen LogP contribution in [-0.2, 0) is 14.3 Å². The zero-order chi connectivity index (χ0) is 31.4. The number of carbonyl (C=O) groups is 3. The SMILES string of the molecule is O=C(CCCCCNC(=O)CCCCC1SC[C@@H]2NC(=O)N[C@H]12)NCCCCNc1ncnc2c1cnn2[C@H]1CC[C@@H](CO)O1. The number of aromatic nitrogens is 4. The van der Waals surface area contributed by atoms with Crippen LogP contribution < -0.4 is 26.6 Å². The number of carbonyl (C=O) groups excluding carboxylic acids is 3. The molecule has 248 valence electrons. The number of fused-ring (bicyclic) bond motifs is 2. The number of amides is 4. The number of hydrogen-bond acceptors (Lipinski definition) is 10. The van der Waals surface area contributed by atoms with Crippen LogP contribution in [0.15, 0.2) is 12.5 Å². The van der Waals surface area contributed by atoms with Gasteiger partial charge in [0, 0.05) is 43.5 Å². The molecule has 1 unspecified atom stereocenters. The zero-order valence-corrected chi connectivity index (χ0v) is 26.7. The summed E-state index contributed by atoms with van der Waals surface area (Å²) in [5.74, 6) is 1.83. The van der Waals surface area contributed by atoms with Crippen LogP contribution >= 0.6 is 11.8 Å². The third kappa shape index (κ3) is 9.42. The van der Waals surface area contributed by atoms with Gasteiger partial charge in [0.05, 0.1) is 36.4 Å². The number of urea groups is 1. The van der Waals surface area contributed by atoms with Gasteiger partial charge < -0.3 is 36.4 Å². The Morgan fingerprint density at radius 1 is 0.978 bits per heavy atom. The number of rotatable bonds is 19. The second-order valence-corrected chi connectivity index (χ2v) is 13.3. The van der Waals surface area contributed by atoms with Crippen molar-refractivity contribution in [2.75, 3.05) is 37.3 Å². The van der Waals surface area contributed by atoms with Crippen molar-refractivity contribution in [3.8, 4) is 0 Å². The average Bonchev–Trinajstić information content (AvgIpc) is 3.83. The molecule has 2 aromatic rings. The Kier molecular flexibility index (Phi) is 12.5. The van der Waals surface area contributed by atoms with E-state index >= 15 is 0 Å². The minimum atomic E-state index is -0.231. The van der Waals surface area contributed by atoms with Gasteiger partial charge in [-0.2, -0.15) is 16.9 Å². The first kappa shape index (κ1) is 33.2. The average molecular weight is 646 g/mol. The van der Waals surface area contributed by atoms with Crippen molar-refractivity contribution in [2.24, 2.45) is 0 Å². The fourth-order valence-corrected chi connectivity index (χ4v) is 7.71. The first-order valence-corrected chi connectivity index (χ1v) is 17.5. The molecular formula is C30H47N9O5S. The molecule has 2 aromatic heterocycles. The fourth-order valence-electron chi connectivity index (χ4n) is 6.17. The van der Waals surface area contributed by atoms with Gasteiger partial charge in [0.25, 0.3) is 0 Å². The van der Waals surface area contributed by atoms with Gasteiger partial charge in [-0.3, -0.25) is 9.59 Å². The van der Waals surface area contributed by atoms with Crippen molar-refractivity contribution < 1.29 is 24.2 Å². The quantitative estimate of drug-likeness (QED) is 0.0978. The molecule has 6 N–H and O–H groups in total. The Labute approximate surface area is 268 Å². The van der Waals surface area contributed by atoms with Crippen molar-refractivity contribution in [3.63, 3.8) is 0 Å². The highest BCUT2D eigenvalue weighted by Gasteiger charge is 2.42. The van der Waals surface area contributed by atoms with E-state index in [1.54, 1.807) is 10.9 Å². The molecule has 0 bridgehead atoms. The lowest BCUT2D eigenvalue weighted by Crippen LogP contribution is -2.36. The molecule has 0 aliphatic carbocycles. The number of aliphatic hydroxyl groups excluding tert-OH is 1. The molecule has 4 amide bonds. The van der Waals surface area contributed by atoms with E-state index in [0.717, 1.165) is 81.2 Å². The first-order valence-electron chi connectivity index (χ1n) is 16.4. The maximum Gasteiger partial charge on any atom is 0.315 e. The number of anilines is 1. The van der Waals surface area contributed by atoms with Crippen molar-refractivity contribution in [3.05, 3.63) is 12.5 Å². The predicted octanol–water partition coefficient (Wildman–Crippen LogP) is 2.21. The van der Waals surface area contributed by atoms with E-state index in [4.69, 9.17) is 4.74 Å². The summed E-state index contributed by atoms with van der Waals surface area (Å²) in [6, 6.07) is 0.413. The van der Waals surface area contributed by atoms with Crippen LogP contribution in [0.5, 0.6) is 0 Å². The Hall–Kier alpha value is -3.17. The van der Waals surface area contributed by atoms with Crippen molar-refractivity contribution in [1.29, 1.82) is 0 Å². The smallest absolute Gasteiger partial charge is 0.315 e. The van der Waals surface area contributed by atoms with E-state index in [1.807, 2.05) is 11.8 Å². The highest BCUT2D eigenvalue weighted by atomic mass is 32.2. The zero-order valence-electron chi connectivity index (χ0n) is 25.8. The molecule has 3 aliphatic rings. The van der Waals surface area contributed by atoms with E-state index in [1.165, 1.54) is 6.33 Å². The molecule has 15 heteroatoms. The molecule has 14 nitrogen and oxygen atoms in total. The summed E-state index contributed by atoms with van der Waals surface area (Å²) >= 11 is 1.91. The van der Waals surface area contributed by atoms with Gasteiger partial charge in [0.15, 0.2) is 11.9 Å². The standard InChI is InChI=1S/C30H47N9O5S/c40-17-20-11-12-26(44-20)39-29-21(16-36-39)28(34-19-35-29)33-15-7-6-14-32-24(41)9-2-1-5-13-31-25(42)10-4-3-8-23-27-22(18-45-23)37-30(43)38-27/h16,19-20,22-23,26-27,40H,1-15,17-18H2,(H,31,42)(H,32,41)(H,33,34,35)(H2,37,38,43)/t20-,22-,23?,26+,27-/m0/s1. The third-order valence-corrected chi connectivity index (χ3v) is 10.2. The Balaban J connectivity index is 0.838. The lowest BCUT2D eigenvalue weighted by atomic mass is 10.0. The summed E-state index contributed by atoms with van der Waals surface area (Å²) in [7, 11) is 0. The summed E-state index contributed by atoms with van der Waals surface area (Å²) in [4.78, 5) is 44.6. The number of aliphatic hydroxyl groups is 1. The van der Waals surface area contributed by atoms with Crippen molar-refractivity contribution >= 4 is 46.5 Å². The Bertz CT molecular complexity index is 1280. The van der Waals surface area contributed by atoms with E-state index in [-0.39, 0.29) is 48.9 Å². The van der Waals surface area contributed by atoms with Crippen LogP contribution in [0.3, 0.4) is 0 Å². The summed E-state index contributed by atoms with van der Waals surface area (Å²) < 4.78 is 7.60. The van der Waals surface area contributed by atoms with Crippen LogP contribution in [0.25, 0.3) is 11.0 Å². The summed E-state index contributed by atoms with van der Waals surface area (Å²) in [5.41, 5.74) is 0.703. The Morgan fingerprint density at radius 2 is 1.73 bits per heavy atom. The normalized spacial score (nSPS) is 23.9. The molecule has 5 atom stereocenters. The number of thioether (sulfide) groups is 1. The summed E-state index contributed by atoms with van der Waals surface area (Å²) in [6.07, 6.45) is 12.6. The monoisotopic (exact) mass is 645 g/mol. The lowest BCUT2D eigenvalue weighted by molar-refractivity contribution is -0.122. The van der Waals surface area contributed by atoms with E-state index < -0.39 is 0 Å². The molecule has 3 aliphatic heterocycles. The van der Waals surface area contributed by atoms with Gasteiger partial charge in [-0.25, -0.2) is 19.4 Å². The van der Waals surface area contributed by atoms with Crippen LogP contribution in [0.4, 0.5) is 10.6 Å². The minimum absolute atomic E-state index is 0.00474. The van der Waals surface area contributed by atoms with Gasteiger partial charge >= 0.3 is 6.03 Å². The molecule has 5 rings (SSSR count). The Morgan fingerprint density at radius 3 is 2.51 bits per heavy atom. The second-order valence-electron chi connectivity index (χ2n) is 12.0. The van der Waals surface area contributed by atoms with Gasteiger partial charge in [-0.05, 0) is 51.4 Å².